The molecule has 15 heavy (non-hydrogen) atoms. The van der Waals surface area contributed by atoms with Gasteiger partial charge in [0.1, 0.15) is 0 Å². The molecule has 0 aliphatic rings. The minimum absolute atomic E-state index is 0.464. The number of aliphatic carboxylic acids is 1. The van der Waals surface area contributed by atoms with Crippen LogP contribution in [0.1, 0.15) is 11.4 Å². The van der Waals surface area contributed by atoms with E-state index in [1.807, 2.05) is 0 Å². The van der Waals surface area contributed by atoms with Crippen molar-refractivity contribution in [1.82, 2.24) is 9.38 Å². The molecule has 1 N–H and O–H groups in total. The predicted octanol–water partition coefficient (Wildman–Crippen LogP) is 2.10. The first-order valence-corrected chi connectivity index (χ1v) is 5.00. The Morgan fingerprint density at radius 2 is 2.47 bits per heavy atom. The minimum Gasteiger partial charge on any atom is -0.476 e. The molecule has 0 unspecified atom stereocenters. The van der Waals surface area contributed by atoms with Crippen LogP contribution in [0.15, 0.2) is 17.4 Å². The van der Waals surface area contributed by atoms with E-state index in [0.29, 0.717) is 11.4 Å². The maximum absolute atomic E-state index is 12.9. The molecule has 0 spiro atoms. The summed E-state index contributed by atoms with van der Waals surface area (Å²) in [6, 6.07) is 0. The lowest BCUT2D eigenvalue weighted by Crippen LogP contribution is -1.95. The summed E-state index contributed by atoms with van der Waals surface area (Å²) in [5.74, 6) is -2.76. The van der Waals surface area contributed by atoms with E-state index >= 15 is 0 Å². The summed E-state index contributed by atoms with van der Waals surface area (Å²) in [5.41, 5.74) is 1.07. The summed E-state index contributed by atoms with van der Waals surface area (Å²) in [6.45, 7) is 1.71. The number of imidazole rings is 1. The van der Waals surface area contributed by atoms with Crippen LogP contribution in [0.5, 0.6) is 0 Å². The highest BCUT2D eigenvalue weighted by molar-refractivity contribution is 7.15. The maximum atomic E-state index is 12.9. The first-order valence-electron chi connectivity index (χ1n) is 4.12. The molecule has 2 aromatic heterocycles. The third-order valence-electron chi connectivity index (χ3n) is 1.95. The first-order chi connectivity index (χ1) is 7.09. The molecular formula is C9H7FN2O2S. The van der Waals surface area contributed by atoms with E-state index in [2.05, 4.69) is 4.98 Å². The molecule has 0 saturated carbocycles. The Hall–Kier alpha value is -1.69. The summed E-state index contributed by atoms with van der Waals surface area (Å²) >= 11 is 1.41. The highest BCUT2D eigenvalue weighted by Crippen LogP contribution is 2.19. The number of fused-ring (bicyclic) bond motifs is 1. The van der Waals surface area contributed by atoms with Crippen LogP contribution >= 0.6 is 11.3 Å². The molecular weight excluding hydrogens is 219 g/mol. The van der Waals surface area contributed by atoms with E-state index < -0.39 is 11.8 Å². The van der Waals surface area contributed by atoms with Crippen molar-refractivity contribution in [1.29, 1.82) is 0 Å². The van der Waals surface area contributed by atoms with Gasteiger partial charge < -0.3 is 5.11 Å². The largest absolute Gasteiger partial charge is 0.476 e. The lowest BCUT2D eigenvalue weighted by Gasteiger charge is -1.92. The summed E-state index contributed by atoms with van der Waals surface area (Å²) in [6.07, 6.45) is 2.70. The second-order valence-corrected chi connectivity index (χ2v) is 3.81. The molecule has 2 aromatic rings. The lowest BCUT2D eigenvalue weighted by atomic mass is 10.3. The molecule has 0 aliphatic carbocycles. The number of halogens is 1. The van der Waals surface area contributed by atoms with Crippen LogP contribution in [0.2, 0.25) is 0 Å². The number of hydrogen-bond donors (Lipinski definition) is 1. The van der Waals surface area contributed by atoms with E-state index in [1.165, 1.54) is 11.3 Å². The molecule has 2 rings (SSSR count). The fraction of sp³-hybridized carbons (Fsp3) is 0.111. The minimum atomic E-state index is -1.57. The Kier molecular flexibility index (Phi) is 2.28. The molecule has 0 fully saturated rings. The number of aryl methyl sites for hydroxylation is 1. The van der Waals surface area contributed by atoms with Gasteiger partial charge in [0.05, 0.1) is 11.4 Å². The zero-order chi connectivity index (χ0) is 11.0. The van der Waals surface area contributed by atoms with E-state index in [0.717, 1.165) is 11.0 Å². The quantitative estimate of drug-likeness (QED) is 0.798. The summed E-state index contributed by atoms with van der Waals surface area (Å²) < 4.78 is 14.6. The number of carbonyl (C=O) groups is 1. The van der Waals surface area contributed by atoms with E-state index in [-0.39, 0.29) is 0 Å². The normalized spacial score (nSPS) is 12.3. The average molecular weight is 226 g/mol. The van der Waals surface area contributed by atoms with Crippen LogP contribution in [-0.4, -0.2) is 20.5 Å². The fourth-order valence-corrected chi connectivity index (χ4v) is 2.03. The van der Waals surface area contributed by atoms with Crippen LogP contribution in [0.4, 0.5) is 4.39 Å². The molecule has 4 nitrogen and oxygen atoms in total. The standard InChI is InChI=1S/C9H7FN2O2S/c1-5-7(4-6(10)8(13)14)12-2-3-15-9(12)11-5/h2-4H,1H3,(H,13,14). The van der Waals surface area contributed by atoms with Crippen LogP contribution in [0, 0.1) is 6.92 Å². The van der Waals surface area contributed by atoms with Gasteiger partial charge >= 0.3 is 5.97 Å². The molecule has 2 heterocycles. The fourth-order valence-electron chi connectivity index (χ4n) is 1.27. The van der Waals surface area contributed by atoms with Crippen molar-refractivity contribution in [2.45, 2.75) is 6.92 Å². The molecule has 6 heteroatoms. The molecule has 0 saturated heterocycles. The summed E-state index contributed by atoms with van der Waals surface area (Å²) in [4.78, 5) is 15.2. The molecule has 0 radical (unpaired) electrons. The maximum Gasteiger partial charge on any atom is 0.364 e. The van der Waals surface area contributed by atoms with Gasteiger partial charge in [0.15, 0.2) is 4.96 Å². The van der Waals surface area contributed by atoms with Gasteiger partial charge in [-0.25, -0.2) is 9.78 Å². The first kappa shape index (κ1) is 9.85. The van der Waals surface area contributed by atoms with Crippen molar-refractivity contribution < 1.29 is 14.3 Å². The molecule has 0 aliphatic heterocycles. The van der Waals surface area contributed by atoms with Crippen LogP contribution in [0.25, 0.3) is 11.0 Å². The van der Waals surface area contributed by atoms with E-state index in [4.69, 9.17) is 5.11 Å². The monoisotopic (exact) mass is 226 g/mol. The Morgan fingerprint density at radius 1 is 1.73 bits per heavy atom. The number of rotatable bonds is 2. The molecule has 0 atom stereocenters. The summed E-state index contributed by atoms with van der Waals surface area (Å²) in [7, 11) is 0. The van der Waals surface area contributed by atoms with Gasteiger partial charge in [-0.15, -0.1) is 11.3 Å². The number of thiazole rings is 1. The molecule has 0 aromatic carbocycles. The number of carboxylic acid groups (broad SMARTS) is 1. The van der Waals surface area contributed by atoms with Crippen molar-refractivity contribution in [3.8, 4) is 0 Å². The van der Waals surface area contributed by atoms with Crippen molar-refractivity contribution in [2.75, 3.05) is 0 Å². The summed E-state index contributed by atoms with van der Waals surface area (Å²) in [5, 5.41) is 10.2. The van der Waals surface area contributed by atoms with Gasteiger partial charge in [-0.1, -0.05) is 0 Å². The van der Waals surface area contributed by atoms with Gasteiger partial charge in [-0.2, -0.15) is 4.39 Å². The third-order valence-corrected chi connectivity index (χ3v) is 2.71. The van der Waals surface area contributed by atoms with E-state index in [9.17, 15) is 9.18 Å². The second-order valence-electron chi connectivity index (χ2n) is 2.94. The number of hydrogen-bond acceptors (Lipinski definition) is 3. The lowest BCUT2D eigenvalue weighted by molar-refractivity contribution is -0.134. The Morgan fingerprint density at radius 3 is 3.13 bits per heavy atom. The van der Waals surface area contributed by atoms with E-state index in [1.54, 1.807) is 22.9 Å². The van der Waals surface area contributed by atoms with Crippen LogP contribution < -0.4 is 0 Å². The van der Waals surface area contributed by atoms with Crippen molar-refractivity contribution in [2.24, 2.45) is 0 Å². The van der Waals surface area contributed by atoms with Gasteiger partial charge in [0, 0.05) is 17.7 Å². The predicted molar refractivity (Wildman–Crippen MR) is 54.5 cm³/mol. The smallest absolute Gasteiger partial charge is 0.364 e. The number of aromatic nitrogens is 2. The van der Waals surface area contributed by atoms with Crippen LogP contribution in [-0.2, 0) is 4.79 Å². The number of carboxylic acids is 1. The number of nitrogens with zero attached hydrogens (tertiary/aromatic N) is 2. The van der Waals surface area contributed by atoms with Gasteiger partial charge in [-0.05, 0) is 6.92 Å². The van der Waals surface area contributed by atoms with Crippen LogP contribution in [0.3, 0.4) is 0 Å². The van der Waals surface area contributed by atoms with Gasteiger partial charge in [0.2, 0.25) is 5.83 Å². The van der Waals surface area contributed by atoms with Gasteiger partial charge in [0.25, 0.3) is 0 Å². The molecule has 0 bridgehead atoms. The third kappa shape index (κ3) is 1.63. The topological polar surface area (TPSA) is 54.6 Å². The Bertz CT molecular complexity index is 555. The Labute approximate surface area is 88.3 Å². The Balaban J connectivity index is 2.60. The van der Waals surface area contributed by atoms with Crippen molar-refractivity contribution in [3.63, 3.8) is 0 Å². The van der Waals surface area contributed by atoms with Crippen molar-refractivity contribution in [3.05, 3.63) is 28.8 Å². The molecule has 0 amide bonds. The van der Waals surface area contributed by atoms with Gasteiger partial charge in [-0.3, -0.25) is 4.40 Å². The average Bonchev–Trinajstić information content (AvgIpc) is 2.69. The zero-order valence-corrected chi connectivity index (χ0v) is 8.58. The molecule has 78 valence electrons. The zero-order valence-electron chi connectivity index (χ0n) is 7.77. The SMILES string of the molecule is Cc1nc2sccn2c1C=C(F)C(=O)O. The second kappa shape index (κ2) is 3.47. The highest BCUT2D eigenvalue weighted by Gasteiger charge is 2.11. The van der Waals surface area contributed by atoms with Crippen molar-refractivity contribution >= 4 is 28.3 Å². The highest BCUT2D eigenvalue weighted by atomic mass is 32.1.